The lowest BCUT2D eigenvalue weighted by molar-refractivity contribution is -0.159. The molecule has 1 saturated heterocycles. The van der Waals surface area contributed by atoms with Crippen molar-refractivity contribution in [2.45, 2.75) is 45.3 Å². The van der Waals surface area contributed by atoms with E-state index in [1.54, 1.807) is 11.8 Å². The molecule has 8 heteroatoms. The summed E-state index contributed by atoms with van der Waals surface area (Å²) in [5, 5.41) is 3.79. The third-order valence-electron chi connectivity index (χ3n) is 3.42. The molecule has 1 unspecified atom stereocenters. The number of nitrogens with zero attached hydrogens (tertiary/aromatic N) is 4. The van der Waals surface area contributed by atoms with Crippen molar-refractivity contribution in [2.75, 3.05) is 18.8 Å². The van der Waals surface area contributed by atoms with Crippen molar-refractivity contribution < 1.29 is 14.3 Å². The summed E-state index contributed by atoms with van der Waals surface area (Å²) >= 11 is 0. The van der Waals surface area contributed by atoms with Gasteiger partial charge in [-0.1, -0.05) is 12.8 Å². The Bertz CT molecular complexity index is 494. The number of hydrogen-bond donors (Lipinski definition) is 1. The molecule has 8 nitrogen and oxygen atoms in total. The van der Waals surface area contributed by atoms with E-state index >= 15 is 0 Å². The molecule has 0 aliphatic carbocycles. The molecule has 0 spiro atoms. The zero-order chi connectivity index (χ0) is 15.2. The van der Waals surface area contributed by atoms with Crippen molar-refractivity contribution in [2.24, 2.45) is 0 Å². The SMILES string of the molecule is CC(OC(=O)Cn1cnc(N)n1)C(=O)N1CCCCCC1. The Morgan fingerprint density at radius 1 is 1.33 bits per heavy atom. The summed E-state index contributed by atoms with van der Waals surface area (Å²) in [4.78, 5) is 29.5. The summed E-state index contributed by atoms with van der Waals surface area (Å²) in [6, 6.07) is 0. The summed E-state index contributed by atoms with van der Waals surface area (Å²) in [7, 11) is 0. The maximum absolute atomic E-state index is 12.2. The predicted molar refractivity (Wildman–Crippen MR) is 75.0 cm³/mol. The Morgan fingerprint density at radius 3 is 2.57 bits per heavy atom. The van der Waals surface area contributed by atoms with E-state index in [0.29, 0.717) is 0 Å². The lowest BCUT2D eigenvalue weighted by Crippen LogP contribution is -2.40. The average Bonchev–Trinajstić information content (AvgIpc) is 2.69. The number of esters is 1. The van der Waals surface area contributed by atoms with Crippen LogP contribution in [-0.4, -0.2) is 50.7 Å². The summed E-state index contributed by atoms with van der Waals surface area (Å²) in [6.45, 7) is 2.96. The van der Waals surface area contributed by atoms with E-state index in [9.17, 15) is 9.59 Å². The number of anilines is 1. The number of likely N-dealkylation sites (tertiary alicyclic amines) is 1. The summed E-state index contributed by atoms with van der Waals surface area (Å²) in [5.74, 6) is -0.574. The molecule has 2 rings (SSSR count). The maximum atomic E-state index is 12.2. The Hall–Kier alpha value is -2.12. The number of nitrogens with two attached hydrogens (primary N) is 1. The standard InChI is InChI=1S/C13H21N5O3/c1-10(12(20)17-6-4-2-3-5-7-17)21-11(19)8-18-9-15-13(14)16-18/h9-10H,2-8H2,1H3,(H2,14,16). The molecule has 0 saturated carbocycles. The molecular formula is C13H21N5O3. The second kappa shape index (κ2) is 7.05. The highest BCUT2D eigenvalue weighted by atomic mass is 16.5. The van der Waals surface area contributed by atoms with E-state index in [-0.39, 0.29) is 18.4 Å². The van der Waals surface area contributed by atoms with E-state index < -0.39 is 12.1 Å². The first-order valence-electron chi connectivity index (χ1n) is 7.19. The van der Waals surface area contributed by atoms with Crippen LogP contribution in [-0.2, 0) is 20.9 Å². The highest BCUT2D eigenvalue weighted by Crippen LogP contribution is 2.11. The van der Waals surface area contributed by atoms with Crippen LogP contribution in [0.5, 0.6) is 0 Å². The highest BCUT2D eigenvalue weighted by molar-refractivity contribution is 5.83. The van der Waals surface area contributed by atoms with Gasteiger partial charge in [0.1, 0.15) is 12.9 Å². The van der Waals surface area contributed by atoms with Crippen LogP contribution in [0, 0.1) is 0 Å². The fraction of sp³-hybridized carbons (Fsp3) is 0.692. The fourth-order valence-electron chi connectivity index (χ4n) is 2.35. The quantitative estimate of drug-likeness (QED) is 0.796. The Balaban J connectivity index is 1.83. The number of carbonyl (C=O) groups excluding carboxylic acids is 2. The average molecular weight is 295 g/mol. The predicted octanol–water partition coefficient (Wildman–Crippen LogP) is 0.195. The smallest absolute Gasteiger partial charge is 0.328 e. The molecule has 2 heterocycles. The van der Waals surface area contributed by atoms with Crippen LogP contribution in [0.15, 0.2) is 6.33 Å². The molecule has 21 heavy (non-hydrogen) atoms. The normalized spacial score (nSPS) is 17.1. The third-order valence-corrected chi connectivity index (χ3v) is 3.42. The van der Waals surface area contributed by atoms with Gasteiger partial charge in [-0.2, -0.15) is 0 Å². The number of ether oxygens (including phenoxy) is 1. The van der Waals surface area contributed by atoms with Gasteiger partial charge in [-0.3, -0.25) is 9.59 Å². The minimum atomic E-state index is -0.781. The molecule has 1 aromatic rings. The summed E-state index contributed by atoms with van der Waals surface area (Å²) in [5.41, 5.74) is 5.36. The van der Waals surface area contributed by atoms with Gasteiger partial charge in [0.25, 0.3) is 5.91 Å². The van der Waals surface area contributed by atoms with E-state index in [0.717, 1.165) is 38.8 Å². The number of carbonyl (C=O) groups is 2. The topological polar surface area (TPSA) is 103 Å². The van der Waals surface area contributed by atoms with Crippen LogP contribution in [0.25, 0.3) is 0 Å². The molecular weight excluding hydrogens is 274 g/mol. The number of nitrogen functional groups attached to an aromatic ring is 1. The van der Waals surface area contributed by atoms with E-state index in [1.165, 1.54) is 11.0 Å². The highest BCUT2D eigenvalue weighted by Gasteiger charge is 2.24. The van der Waals surface area contributed by atoms with Gasteiger partial charge in [0.2, 0.25) is 5.95 Å². The second-order valence-corrected chi connectivity index (χ2v) is 5.17. The van der Waals surface area contributed by atoms with Crippen LogP contribution >= 0.6 is 0 Å². The fourth-order valence-corrected chi connectivity index (χ4v) is 2.35. The van der Waals surface area contributed by atoms with Crippen LogP contribution in [0.2, 0.25) is 0 Å². The minimum absolute atomic E-state index is 0.0940. The molecule has 1 amide bonds. The Labute approximate surface area is 123 Å². The van der Waals surface area contributed by atoms with Gasteiger partial charge in [0.15, 0.2) is 6.10 Å². The summed E-state index contributed by atoms with van der Waals surface area (Å²) in [6.07, 6.45) is 4.86. The third kappa shape index (κ3) is 4.44. The van der Waals surface area contributed by atoms with E-state index in [1.807, 2.05) is 0 Å². The molecule has 1 aliphatic rings. The van der Waals surface area contributed by atoms with Gasteiger partial charge in [-0.15, -0.1) is 5.10 Å². The molecule has 1 aliphatic heterocycles. The van der Waals surface area contributed by atoms with Crippen molar-refractivity contribution in [3.05, 3.63) is 6.33 Å². The molecule has 2 N–H and O–H groups in total. The molecule has 0 aromatic carbocycles. The molecule has 0 radical (unpaired) electrons. The number of aromatic nitrogens is 3. The molecule has 116 valence electrons. The van der Waals surface area contributed by atoms with Crippen LogP contribution in [0.4, 0.5) is 5.95 Å². The zero-order valence-electron chi connectivity index (χ0n) is 12.2. The molecule has 1 aromatic heterocycles. The lowest BCUT2D eigenvalue weighted by Gasteiger charge is -2.23. The second-order valence-electron chi connectivity index (χ2n) is 5.17. The first kappa shape index (κ1) is 15.3. The van der Waals surface area contributed by atoms with Gasteiger partial charge in [0, 0.05) is 13.1 Å². The first-order valence-corrected chi connectivity index (χ1v) is 7.19. The Kier molecular flexibility index (Phi) is 5.13. The lowest BCUT2D eigenvalue weighted by atomic mass is 10.2. The first-order chi connectivity index (χ1) is 10.1. The van der Waals surface area contributed by atoms with E-state index in [4.69, 9.17) is 10.5 Å². The van der Waals surface area contributed by atoms with Gasteiger partial charge < -0.3 is 15.4 Å². The number of rotatable bonds is 4. The number of amides is 1. The largest absolute Gasteiger partial charge is 0.451 e. The van der Waals surface area contributed by atoms with Crippen LogP contribution in [0.1, 0.15) is 32.6 Å². The zero-order valence-corrected chi connectivity index (χ0v) is 12.2. The van der Waals surface area contributed by atoms with Gasteiger partial charge in [-0.25, -0.2) is 9.67 Å². The van der Waals surface area contributed by atoms with Crippen LogP contribution in [0.3, 0.4) is 0 Å². The van der Waals surface area contributed by atoms with E-state index in [2.05, 4.69) is 10.1 Å². The van der Waals surface area contributed by atoms with Crippen molar-refractivity contribution in [1.82, 2.24) is 19.7 Å². The molecule has 0 bridgehead atoms. The Morgan fingerprint density at radius 2 is 2.00 bits per heavy atom. The van der Waals surface area contributed by atoms with Crippen molar-refractivity contribution in [3.63, 3.8) is 0 Å². The van der Waals surface area contributed by atoms with Gasteiger partial charge in [0.05, 0.1) is 0 Å². The van der Waals surface area contributed by atoms with Crippen molar-refractivity contribution >= 4 is 17.8 Å². The van der Waals surface area contributed by atoms with Crippen molar-refractivity contribution in [3.8, 4) is 0 Å². The summed E-state index contributed by atoms with van der Waals surface area (Å²) < 4.78 is 6.44. The van der Waals surface area contributed by atoms with Crippen molar-refractivity contribution in [1.29, 1.82) is 0 Å². The molecule has 1 fully saturated rings. The van der Waals surface area contributed by atoms with Gasteiger partial charge >= 0.3 is 5.97 Å². The van der Waals surface area contributed by atoms with Gasteiger partial charge in [-0.05, 0) is 19.8 Å². The molecule has 1 atom stereocenters. The monoisotopic (exact) mass is 295 g/mol. The van der Waals surface area contributed by atoms with Crippen LogP contribution < -0.4 is 5.73 Å². The number of hydrogen-bond acceptors (Lipinski definition) is 6. The minimum Gasteiger partial charge on any atom is -0.451 e. The maximum Gasteiger partial charge on any atom is 0.328 e.